The summed E-state index contributed by atoms with van der Waals surface area (Å²) in [5.41, 5.74) is 5.26. The summed E-state index contributed by atoms with van der Waals surface area (Å²) in [5, 5.41) is 1.35. The summed E-state index contributed by atoms with van der Waals surface area (Å²) in [7, 11) is 0. The van der Waals surface area contributed by atoms with Crippen LogP contribution in [0.15, 0.2) is 18.2 Å². The van der Waals surface area contributed by atoms with Gasteiger partial charge in [0, 0.05) is 29.6 Å². The molecule has 2 aliphatic heterocycles. The second-order valence-electron chi connectivity index (χ2n) is 5.98. The first kappa shape index (κ1) is 11.1. The van der Waals surface area contributed by atoms with Crippen LogP contribution in [0.25, 0.3) is 10.9 Å². The Labute approximate surface area is 112 Å². The molecular weight excluding hydrogens is 236 g/mol. The Morgan fingerprint density at radius 2 is 2.21 bits per heavy atom. The van der Waals surface area contributed by atoms with Crippen LogP contribution in [-0.2, 0) is 11.2 Å². The number of nitrogens with zero attached hydrogens (tertiary/aromatic N) is 1. The Bertz CT molecular complexity index is 685. The molecule has 0 bridgehead atoms. The maximum atomic E-state index is 12.0. The molecule has 0 unspecified atom stereocenters. The van der Waals surface area contributed by atoms with E-state index in [-0.39, 0.29) is 6.04 Å². The van der Waals surface area contributed by atoms with Crippen LogP contribution >= 0.6 is 0 Å². The lowest BCUT2D eigenvalue weighted by Crippen LogP contribution is -2.35. The molecule has 1 fully saturated rings. The Morgan fingerprint density at radius 1 is 1.37 bits per heavy atom. The van der Waals surface area contributed by atoms with Crippen molar-refractivity contribution in [1.29, 1.82) is 0 Å². The van der Waals surface area contributed by atoms with Crippen molar-refractivity contribution in [2.45, 2.75) is 32.7 Å². The third-order valence-corrected chi connectivity index (χ3v) is 4.77. The average Bonchev–Trinajstić information content (AvgIpc) is 2.89. The molecule has 1 N–H and O–H groups in total. The van der Waals surface area contributed by atoms with Gasteiger partial charge in [-0.25, -0.2) is 0 Å². The maximum Gasteiger partial charge on any atom is 0.223 e. The molecule has 98 valence electrons. The van der Waals surface area contributed by atoms with Gasteiger partial charge in [0.05, 0.1) is 6.04 Å². The Kier molecular flexibility index (Phi) is 2.12. The highest BCUT2D eigenvalue weighted by Crippen LogP contribution is 2.44. The number of aromatic nitrogens is 1. The SMILES string of the molecule is Cc1cccc2c3c([nH]c12)[C@H]1[C@H](C)CC(=O)N1CC3. The number of para-hydroxylation sites is 1. The van der Waals surface area contributed by atoms with Crippen molar-refractivity contribution < 1.29 is 4.79 Å². The van der Waals surface area contributed by atoms with Gasteiger partial charge in [0.25, 0.3) is 0 Å². The van der Waals surface area contributed by atoms with E-state index in [1.54, 1.807) is 0 Å². The van der Waals surface area contributed by atoms with Crippen LogP contribution in [-0.4, -0.2) is 22.3 Å². The standard InChI is InChI=1S/C16H18N2O/c1-9-4-3-5-11-12-6-7-18-13(19)8-10(2)16(18)15(12)17-14(9)11/h3-5,10,16-17H,6-8H2,1-2H3/t10-,16-/m1/s1. The highest BCUT2D eigenvalue weighted by Gasteiger charge is 2.42. The van der Waals surface area contributed by atoms with E-state index in [9.17, 15) is 4.79 Å². The van der Waals surface area contributed by atoms with Crippen LogP contribution in [0.3, 0.4) is 0 Å². The molecule has 0 aliphatic carbocycles. The first-order valence-corrected chi connectivity index (χ1v) is 7.06. The van der Waals surface area contributed by atoms with Crippen LogP contribution < -0.4 is 0 Å². The van der Waals surface area contributed by atoms with Gasteiger partial charge in [0.1, 0.15) is 0 Å². The van der Waals surface area contributed by atoms with Gasteiger partial charge < -0.3 is 9.88 Å². The molecule has 3 nitrogen and oxygen atoms in total. The van der Waals surface area contributed by atoms with Crippen LogP contribution in [0.2, 0.25) is 0 Å². The number of amides is 1. The zero-order chi connectivity index (χ0) is 13.1. The Hall–Kier alpha value is -1.77. The minimum absolute atomic E-state index is 0.267. The van der Waals surface area contributed by atoms with E-state index in [0.717, 1.165) is 13.0 Å². The molecule has 0 radical (unpaired) electrons. The fourth-order valence-electron chi connectivity index (χ4n) is 3.87. The number of aromatic amines is 1. The van der Waals surface area contributed by atoms with E-state index in [2.05, 4.69) is 41.9 Å². The normalized spacial score (nSPS) is 25.8. The highest BCUT2D eigenvalue weighted by atomic mass is 16.2. The van der Waals surface area contributed by atoms with E-state index in [0.29, 0.717) is 18.2 Å². The van der Waals surface area contributed by atoms with Gasteiger partial charge in [-0.1, -0.05) is 25.1 Å². The predicted molar refractivity (Wildman–Crippen MR) is 75.0 cm³/mol. The minimum atomic E-state index is 0.267. The molecule has 1 aromatic carbocycles. The largest absolute Gasteiger partial charge is 0.356 e. The number of benzene rings is 1. The third-order valence-electron chi connectivity index (χ3n) is 4.77. The zero-order valence-corrected chi connectivity index (χ0v) is 11.4. The molecule has 2 aromatic rings. The van der Waals surface area contributed by atoms with Crippen LogP contribution in [0.1, 0.15) is 36.2 Å². The molecule has 2 aliphatic rings. The van der Waals surface area contributed by atoms with Gasteiger partial charge in [-0.15, -0.1) is 0 Å². The summed E-state index contributed by atoms with van der Waals surface area (Å²) >= 11 is 0. The summed E-state index contributed by atoms with van der Waals surface area (Å²) in [5.74, 6) is 0.735. The van der Waals surface area contributed by atoms with Crippen LogP contribution in [0.5, 0.6) is 0 Å². The zero-order valence-electron chi connectivity index (χ0n) is 11.4. The van der Waals surface area contributed by atoms with Crippen molar-refractivity contribution >= 4 is 16.8 Å². The summed E-state index contributed by atoms with van der Waals surface area (Å²) in [6.45, 7) is 5.21. The fraction of sp³-hybridized carbons (Fsp3) is 0.438. The highest BCUT2D eigenvalue weighted by molar-refractivity contribution is 5.89. The van der Waals surface area contributed by atoms with E-state index in [1.807, 2.05) is 0 Å². The number of fused-ring (bicyclic) bond motifs is 5. The number of rotatable bonds is 0. The smallest absolute Gasteiger partial charge is 0.223 e. The fourth-order valence-corrected chi connectivity index (χ4v) is 3.87. The topological polar surface area (TPSA) is 36.1 Å². The quantitative estimate of drug-likeness (QED) is 0.771. The minimum Gasteiger partial charge on any atom is -0.356 e. The second-order valence-corrected chi connectivity index (χ2v) is 5.98. The van der Waals surface area contributed by atoms with E-state index < -0.39 is 0 Å². The third kappa shape index (κ3) is 1.36. The molecule has 0 spiro atoms. The lowest BCUT2D eigenvalue weighted by molar-refractivity contribution is -0.129. The van der Waals surface area contributed by atoms with Crippen LogP contribution in [0.4, 0.5) is 0 Å². The van der Waals surface area contributed by atoms with Crippen molar-refractivity contribution in [3.63, 3.8) is 0 Å². The molecule has 2 atom stereocenters. The summed E-state index contributed by atoms with van der Waals surface area (Å²) in [4.78, 5) is 17.7. The number of hydrogen-bond acceptors (Lipinski definition) is 1. The van der Waals surface area contributed by atoms with Crippen molar-refractivity contribution in [3.05, 3.63) is 35.0 Å². The molecule has 4 rings (SSSR count). The van der Waals surface area contributed by atoms with Crippen LogP contribution in [0, 0.1) is 12.8 Å². The van der Waals surface area contributed by atoms with Gasteiger partial charge in [0.15, 0.2) is 0 Å². The van der Waals surface area contributed by atoms with Gasteiger partial charge in [-0.3, -0.25) is 4.79 Å². The number of H-pyrrole nitrogens is 1. The molecule has 1 amide bonds. The lowest BCUT2D eigenvalue weighted by atomic mass is 9.92. The van der Waals surface area contributed by atoms with Crippen molar-refractivity contribution in [2.24, 2.45) is 5.92 Å². The van der Waals surface area contributed by atoms with Crippen molar-refractivity contribution in [2.75, 3.05) is 6.54 Å². The van der Waals surface area contributed by atoms with Crippen molar-refractivity contribution in [3.8, 4) is 0 Å². The molecule has 3 heterocycles. The van der Waals surface area contributed by atoms with E-state index in [4.69, 9.17) is 0 Å². The first-order chi connectivity index (χ1) is 9.16. The number of aryl methyl sites for hydroxylation is 1. The number of carbonyl (C=O) groups excluding carboxylic acids is 1. The van der Waals surface area contributed by atoms with E-state index >= 15 is 0 Å². The molecule has 1 aromatic heterocycles. The predicted octanol–water partition coefficient (Wildman–Crippen LogP) is 2.94. The van der Waals surface area contributed by atoms with Gasteiger partial charge >= 0.3 is 0 Å². The van der Waals surface area contributed by atoms with Gasteiger partial charge in [0.2, 0.25) is 5.91 Å². The number of hydrogen-bond donors (Lipinski definition) is 1. The summed E-state index contributed by atoms with van der Waals surface area (Å²) in [6, 6.07) is 6.74. The van der Waals surface area contributed by atoms with Gasteiger partial charge in [-0.05, 0) is 30.4 Å². The van der Waals surface area contributed by atoms with Gasteiger partial charge in [-0.2, -0.15) is 0 Å². The maximum absolute atomic E-state index is 12.0. The molecule has 1 saturated heterocycles. The molecule has 0 saturated carbocycles. The average molecular weight is 254 g/mol. The van der Waals surface area contributed by atoms with E-state index in [1.165, 1.54) is 27.7 Å². The molecule has 19 heavy (non-hydrogen) atoms. The second kappa shape index (κ2) is 3.62. The lowest BCUT2D eigenvalue weighted by Gasteiger charge is -2.31. The Morgan fingerprint density at radius 3 is 3.05 bits per heavy atom. The number of nitrogens with one attached hydrogen (secondary N) is 1. The summed E-state index contributed by atoms with van der Waals surface area (Å²) in [6.07, 6.45) is 1.67. The Balaban J connectivity index is 1.97. The monoisotopic (exact) mass is 254 g/mol. The molecule has 3 heteroatoms. The first-order valence-electron chi connectivity index (χ1n) is 7.06. The number of carbonyl (C=O) groups is 1. The van der Waals surface area contributed by atoms with Crippen molar-refractivity contribution in [1.82, 2.24) is 9.88 Å². The summed E-state index contributed by atoms with van der Waals surface area (Å²) < 4.78 is 0. The molecular formula is C16H18N2O.